The highest BCUT2D eigenvalue weighted by molar-refractivity contribution is 4.88. The molecule has 2 fully saturated rings. The molecule has 1 N–H and O–H groups in total. The van der Waals surface area contributed by atoms with Gasteiger partial charge in [-0.15, -0.1) is 0 Å². The van der Waals surface area contributed by atoms with E-state index in [1.54, 1.807) is 0 Å². The molecule has 2 rings (SSSR count). The molecule has 2 heterocycles. The van der Waals surface area contributed by atoms with Gasteiger partial charge in [-0.2, -0.15) is 0 Å². The molecule has 19 heavy (non-hydrogen) atoms. The fraction of sp³-hybridized carbons (Fsp3) is 1.00. The van der Waals surface area contributed by atoms with Crippen LogP contribution in [-0.4, -0.2) is 60.1 Å². The van der Waals surface area contributed by atoms with Crippen molar-refractivity contribution in [3.63, 3.8) is 0 Å². The summed E-state index contributed by atoms with van der Waals surface area (Å²) in [5, 5.41) is 3.93. The molecule has 0 aromatic carbocycles. The van der Waals surface area contributed by atoms with Crippen molar-refractivity contribution < 1.29 is 0 Å². The van der Waals surface area contributed by atoms with E-state index in [0.717, 1.165) is 18.1 Å². The average Bonchev–Trinajstić information content (AvgIpc) is 2.33. The average molecular weight is 267 g/mol. The van der Waals surface area contributed by atoms with Gasteiger partial charge in [-0.05, 0) is 67.0 Å². The van der Waals surface area contributed by atoms with Gasteiger partial charge >= 0.3 is 0 Å². The summed E-state index contributed by atoms with van der Waals surface area (Å²) in [6, 6.07) is 2.23. The molecule has 112 valence electrons. The third-order valence-corrected chi connectivity index (χ3v) is 5.12. The zero-order chi connectivity index (χ0) is 14.0. The fourth-order valence-electron chi connectivity index (χ4n) is 3.49. The minimum atomic E-state index is 0.340. The lowest BCUT2D eigenvalue weighted by molar-refractivity contribution is 0.0869. The van der Waals surface area contributed by atoms with Crippen LogP contribution in [0.2, 0.25) is 0 Å². The molecule has 0 spiro atoms. The molecular formula is C16H33N3. The number of likely N-dealkylation sites (tertiary alicyclic amines) is 2. The van der Waals surface area contributed by atoms with Crippen molar-refractivity contribution in [2.45, 2.75) is 77.0 Å². The summed E-state index contributed by atoms with van der Waals surface area (Å²) in [4.78, 5) is 5.11. The summed E-state index contributed by atoms with van der Waals surface area (Å²) in [5.41, 5.74) is 0.340. The Hall–Kier alpha value is -0.120. The first kappa shape index (κ1) is 15.3. The third-order valence-electron chi connectivity index (χ3n) is 5.12. The van der Waals surface area contributed by atoms with Crippen LogP contribution in [-0.2, 0) is 0 Å². The van der Waals surface area contributed by atoms with E-state index < -0.39 is 0 Å². The van der Waals surface area contributed by atoms with Crippen LogP contribution >= 0.6 is 0 Å². The fourth-order valence-corrected chi connectivity index (χ4v) is 3.49. The molecule has 0 saturated carbocycles. The van der Waals surface area contributed by atoms with E-state index in [0.29, 0.717) is 5.54 Å². The lowest BCUT2D eigenvalue weighted by atomic mass is 9.94. The highest BCUT2D eigenvalue weighted by Gasteiger charge is 2.29. The standard InChI is InChI=1S/C16H33N3/c1-13-12-15(6-9-18(13)5)17-14-7-10-19(11-8-14)16(2,3)4/h13-15,17H,6-12H2,1-5H3. The van der Waals surface area contributed by atoms with E-state index in [9.17, 15) is 0 Å². The van der Waals surface area contributed by atoms with Crippen LogP contribution in [0, 0.1) is 0 Å². The zero-order valence-electron chi connectivity index (χ0n) is 13.6. The predicted molar refractivity (Wildman–Crippen MR) is 82.6 cm³/mol. The zero-order valence-corrected chi connectivity index (χ0v) is 13.6. The monoisotopic (exact) mass is 267 g/mol. The van der Waals surface area contributed by atoms with Crippen LogP contribution in [0.25, 0.3) is 0 Å². The molecule has 0 aromatic heterocycles. The number of rotatable bonds is 2. The Morgan fingerprint density at radius 1 is 0.947 bits per heavy atom. The van der Waals surface area contributed by atoms with Gasteiger partial charge in [0.2, 0.25) is 0 Å². The van der Waals surface area contributed by atoms with Gasteiger partial charge in [0.1, 0.15) is 0 Å². The summed E-state index contributed by atoms with van der Waals surface area (Å²) >= 11 is 0. The molecule has 3 heteroatoms. The third kappa shape index (κ3) is 4.17. The number of hydrogen-bond acceptors (Lipinski definition) is 3. The van der Waals surface area contributed by atoms with E-state index in [1.807, 2.05) is 0 Å². The van der Waals surface area contributed by atoms with Crippen LogP contribution in [0.1, 0.15) is 53.4 Å². The highest BCUT2D eigenvalue weighted by Crippen LogP contribution is 2.22. The van der Waals surface area contributed by atoms with Crippen molar-refractivity contribution in [1.82, 2.24) is 15.1 Å². The van der Waals surface area contributed by atoms with Gasteiger partial charge in [-0.3, -0.25) is 4.90 Å². The smallest absolute Gasteiger partial charge is 0.0125 e. The molecule has 2 aliphatic heterocycles. The minimum Gasteiger partial charge on any atom is -0.311 e. The quantitative estimate of drug-likeness (QED) is 0.828. The molecule has 2 atom stereocenters. The van der Waals surface area contributed by atoms with Crippen LogP contribution < -0.4 is 5.32 Å². The van der Waals surface area contributed by atoms with Gasteiger partial charge < -0.3 is 10.2 Å². The Morgan fingerprint density at radius 2 is 1.53 bits per heavy atom. The maximum absolute atomic E-state index is 3.93. The Balaban J connectivity index is 1.74. The molecule has 3 nitrogen and oxygen atoms in total. The Kier molecular flexibility index (Phi) is 4.91. The Bertz CT molecular complexity index is 276. The highest BCUT2D eigenvalue weighted by atomic mass is 15.2. The maximum Gasteiger partial charge on any atom is 0.0125 e. The number of nitrogens with one attached hydrogen (secondary N) is 1. The summed E-state index contributed by atoms with van der Waals surface area (Å²) in [6.07, 6.45) is 5.27. The van der Waals surface area contributed by atoms with Gasteiger partial charge in [0, 0.05) is 36.8 Å². The molecule has 0 radical (unpaired) electrons. The minimum absolute atomic E-state index is 0.340. The van der Waals surface area contributed by atoms with Gasteiger partial charge in [-0.25, -0.2) is 0 Å². The molecule has 0 aliphatic carbocycles. The van der Waals surface area contributed by atoms with Crippen molar-refractivity contribution in [2.24, 2.45) is 0 Å². The molecule has 0 aromatic rings. The van der Waals surface area contributed by atoms with Crippen molar-refractivity contribution >= 4 is 0 Å². The molecule has 0 bridgehead atoms. The number of hydrogen-bond donors (Lipinski definition) is 1. The second-order valence-corrected chi connectivity index (χ2v) is 7.65. The van der Waals surface area contributed by atoms with Crippen LogP contribution in [0.5, 0.6) is 0 Å². The Labute approximate surface area is 119 Å². The normalized spacial score (nSPS) is 32.7. The van der Waals surface area contributed by atoms with E-state index in [-0.39, 0.29) is 0 Å². The lowest BCUT2D eigenvalue weighted by Crippen LogP contribution is -2.53. The van der Waals surface area contributed by atoms with Crippen LogP contribution in [0.3, 0.4) is 0 Å². The predicted octanol–water partition coefficient (Wildman–Crippen LogP) is 2.32. The van der Waals surface area contributed by atoms with Crippen molar-refractivity contribution in [1.29, 1.82) is 0 Å². The molecule has 0 amide bonds. The SMILES string of the molecule is CC1CC(NC2CCN(C(C)(C)C)CC2)CCN1C. The van der Waals surface area contributed by atoms with Crippen LogP contribution in [0.15, 0.2) is 0 Å². The molecule has 2 aliphatic rings. The van der Waals surface area contributed by atoms with Gasteiger partial charge in [0.15, 0.2) is 0 Å². The van der Waals surface area contributed by atoms with Gasteiger partial charge in [0.05, 0.1) is 0 Å². The first-order valence-corrected chi connectivity index (χ1v) is 8.07. The Morgan fingerprint density at radius 3 is 2.05 bits per heavy atom. The molecular weight excluding hydrogens is 234 g/mol. The van der Waals surface area contributed by atoms with E-state index in [2.05, 4.69) is 49.9 Å². The topological polar surface area (TPSA) is 18.5 Å². The number of piperidine rings is 2. The summed E-state index contributed by atoms with van der Waals surface area (Å²) in [7, 11) is 2.25. The van der Waals surface area contributed by atoms with Crippen LogP contribution in [0.4, 0.5) is 0 Å². The summed E-state index contributed by atoms with van der Waals surface area (Å²) in [5.74, 6) is 0. The van der Waals surface area contributed by atoms with Gasteiger partial charge in [0.25, 0.3) is 0 Å². The lowest BCUT2D eigenvalue weighted by Gasteiger charge is -2.43. The summed E-state index contributed by atoms with van der Waals surface area (Å²) in [6.45, 7) is 13.1. The second kappa shape index (κ2) is 6.11. The van der Waals surface area contributed by atoms with E-state index in [4.69, 9.17) is 0 Å². The van der Waals surface area contributed by atoms with Crippen molar-refractivity contribution in [3.8, 4) is 0 Å². The van der Waals surface area contributed by atoms with Crippen molar-refractivity contribution in [3.05, 3.63) is 0 Å². The van der Waals surface area contributed by atoms with E-state index >= 15 is 0 Å². The summed E-state index contributed by atoms with van der Waals surface area (Å²) < 4.78 is 0. The first-order chi connectivity index (χ1) is 8.86. The molecule has 2 saturated heterocycles. The number of nitrogens with zero attached hydrogens (tertiary/aromatic N) is 2. The van der Waals surface area contributed by atoms with Gasteiger partial charge in [-0.1, -0.05) is 0 Å². The van der Waals surface area contributed by atoms with Crippen molar-refractivity contribution in [2.75, 3.05) is 26.7 Å². The largest absolute Gasteiger partial charge is 0.311 e. The molecule has 2 unspecified atom stereocenters. The maximum atomic E-state index is 3.93. The second-order valence-electron chi connectivity index (χ2n) is 7.65. The van der Waals surface area contributed by atoms with E-state index in [1.165, 1.54) is 45.3 Å². The first-order valence-electron chi connectivity index (χ1n) is 8.07.